The van der Waals surface area contributed by atoms with Gasteiger partial charge in [-0.25, -0.2) is 0 Å². The van der Waals surface area contributed by atoms with Gasteiger partial charge in [-0.15, -0.1) is 0 Å². The molecular formula is C17H14F3N5O. The monoisotopic (exact) mass is 361 g/mol. The maximum atomic E-state index is 12.3. The maximum absolute atomic E-state index is 12.3. The number of aromatic nitrogens is 4. The van der Waals surface area contributed by atoms with E-state index in [0.29, 0.717) is 28.0 Å². The van der Waals surface area contributed by atoms with Crippen molar-refractivity contribution in [3.63, 3.8) is 0 Å². The van der Waals surface area contributed by atoms with E-state index < -0.39 is 12.6 Å². The van der Waals surface area contributed by atoms with Gasteiger partial charge in [-0.3, -0.25) is 10.1 Å². The van der Waals surface area contributed by atoms with E-state index in [-0.39, 0.29) is 12.8 Å². The minimum atomic E-state index is -4.16. The summed E-state index contributed by atoms with van der Waals surface area (Å²) in [4.78, 5) is 4.27. The smallest absolute Gasteiger partial charge is 0.356 e. The molecule has 0 radical (unpaired) electrons. The molecule has 0 atom stereocenters. The van der Waals surface area contributed by atoms with E-state index in [1.165, 1.54) is 0 Å². The van der Waals surface area contributed by atoms with Crippen LogP contribution in [-0.2, 0) is 6.42 Å². The van der Waals surface area contributed by atoms with Crippen molar-refractivity contribution in [3.05, 3.63) is 42.2 Å². The number of hydrogen-bond acceptors (Lipinski definition) is 5. The van der Waals surface area contributed by atoms with Gasteiger partial charge in [0, 0.05) is 29.8 Å². The molecule has 2 N–H and O–H groups in total. The summed E-state index contributed by atoms with van der Waals surface area (Å²) in [5, 5.41) is 14.8. The van der Waals surface area contributed by atoms with E-state index in [9.17, 15) is 13.2 Å². The normalized spacial score (nSPS) is 12.1. The zero-order valence-corrected chi connectivity index (χ0v) is 13.5. The largest absolute Gasteiger partial charge is 0.389 e. The first-order valence-electron chi connectivity index (χ1n) is 8.01. The minimum absolute atomic E-state index is 0.0178. The molecule has 0 fully saturated rings. The number of H-pyrrole nitrogens is 1. The Morgan fingerprint density at radius 2 is 2.08 bits per heavy atom. The lowest BCUT2D eigenvalue weighted by molar-refractivity contribution is -0.135. The van der Waals surface area contributed by atoms with E-state index in [1.807, 2.05) is 12.1 Å². The molecule has 0 spiro atoms. The molecule has 1 aromatic carbocycles. The number of anilines is 2. The van der Waals surface area contributed by atoms with Gasteiger partial charge in [0.2, 0.25) is 0 Å². The van der Waals surface area contributed by atoms with Crippen LogP contribution < -0.4 is 5.32 Å². The molecule has 9 heteroatoms. The standard InChI is InChI=1S/C17H14F3N5O/c18-17(19,20)7-1-3-12-11-6-5-10(9-14(11)26-25-12)22-16-15-13(23-24-16)4-2-8-21-15/h2,4-6,8-9H,1,3,7H2,(H2,22,23,24). The highest BCUT2D eigenvalue weighted by atomic mass is 19.4. The number of alkyl halides is 3. The maximum Gasteiger partial charge on any atom is 0.389 e. The second-order valence-corrected chi connectivity index (χ2v) is 5.91. The van der Waals surface area contributed by atoms with Crippen LogP contribution in [0.5, 0.6) is 0 Å². The van der Waals surface area contributed by atoms with Crippen LogP contribution in [0.1, 0.15) is 18.5 Å². The Labute approximate surface area is 145 Å². The lowest BCUT2D eigenvalue weighted by atomic mass is 10.1. The highest BCUT2D eigenvalue weighted by molar-refractivity contribution is 5.89. The van der Waals surface area contributed by atoms with E-state index in [2.05, 4.69) is 25.7 Å². The Kier molecular flexibility index (Phi) is 3.98. The Morgan fingerprint density at radius 1 is 1.19 bits per heavy atom. The quantitative estimate of drug-likeness (QED) is 0.537. The highest BCUT2D eigenvalue weighted by Gasteiger charge is 2.26. The molecule has 0 aliphatic carbocycles. The van der Waals surface area contributed by atoms with Gasteiger partial charge in [0.1, 0.15) is 5.52 Å². The van der Waals surface area contributed by atoms with Crippen molar-refractivity contribution in [2.24, 2.45) is 0 Å². The van der Waals surface area contributed by atoms with Gasteiger partial charge in [0.05, 0.1) is 11.2 Å². The molecule has 0 aliphatic heterocycles. The fourth-order valence-corrected chi connectivity index (χ4v) is 2.78. The van der Waals surface area contributed by atoms with Crippen LogP contribution in [0.15, 0.2) is 41.1 Å². The molecule has 6 nitrogen and oxygen atoms in total. The Bertz CT molecular complexity index is 1050. The predicted octanol–water partition coefficient (Wildman–Crippen LogP) is 4.73. The van der Waals surface area contributed by atoms with Crippen molar-refractivity contribution in [2.75, 3.05) is 5.32 Å². The average Bonchev–Trinajstić information content (AvgIpc) is 3.19. The van der Waals surface area contributed by atoms with Gasteiger partial charge in [-0.1, -0.05) is 5.16 Å². The van der Waals surface area contributed by atoms with Crippen molar-refractivity contribution in [2.45, 2.75) is 25.4 Å². The van der Waals surface area contributed by atoms with E-state index in [4.69, 9.17) is 4.52 Å². The Hall–Kier alpha value is -3.10. The fourth-order valence-electron chi connectivity index (χ4n) is 2.78. The third-order valence-corrected chi connectivity index (χ3v) is 4.00. The van der Waals surface area contributed by atoms with Crippen LogP contribution >= 0.6 is 0 Å². The fraction of sp³-hybridized carbons (Fsp3) is 0.235. The van der Waals surface area contributed by atoms with Gasteiger partial charge in [0.15, 0.2) is 11.4 Å². The summed E-state index contributed by atoms with van der Waals surface area (Å²) >= 11 is 0. The number of nitrogens with one attached hydrogen (secondary N) is 2. The molecule has 0 amide bonds. The molecule has 0 saturated carbocycles. The number of aryl methyl sites for hydroxylation is 1. The lowest BCUT2D eigenvalue weighted by Crippen LogP contribution is -2.07. The summed E-state index contributed by atoms with van der Waals surface area (Å²) < 4.78 is 42.1. The molecule has 26 heavy (non-hydrogen) atoms. The number of pyridine rings is 1. The molecule has 3 heterocycles. The van der Waals surface area contributed by atoms with Crippen LogP contribution in [0.3, 0.4) is 0 Å². The molecule has 0 saturated heterocycles. The van der Waals surface area contributed by atoms with Crippen LogP contribution in [0.4, 0.5) is 24.7 Å². The first-order chi connectivity index (χ1) is 12.5. The SMILES string of the molecule is FC(F)(F)CCCc1noc2cc(Nc3n[nH]c4cccnc34)ccc12. The lowest BCUT2D eigenvalue weighted by Gasteiger charge is -2.04. The Morgan fingerprint density at radius 3 is 2.92 bits per heavy atom. The van der Waals surface area contributed by atoms with Crippen LogP contribution in [0.2, 0.25) is 0 Å². The van der Waals surface area contributed by atoms with Crippen LogP contribution in [0.25, 0.3) is 22.0 Å². The number of benzene rings is 1. The van der Waals surface area contributed by atoms with Crippen LogP contribution in [0, 0.1) is 0 Å². The number of nitrogens with zero attached hydrogens (tertiary/aromatic N) is 3. The average molecular weight is 361 g/mol. The summed E-state index contributed by atoms with van der Waals surface area (Å²) in [6.07, 6.45) is -3.11. The minimum Gasteiger partial charge on any atom is -0.356 e. The van der Waals surface area contributed by atoms with E-state index in [0.717, 1.165) is 11.2 Å². The number of aromatic amines is 1. The summed E-state index contributed by atoms with van der Waals surface area (Å²) in [7, 11) is 0. The van der Waals surface area contributed by atoms with E-state index >= 15 is 0 Å². The first-order valence-corrected chi connectivity index (χ1v) is 8.01. The first kappa shape index (κ1) is 16.4. The van der Waals surface area contributed by atoms with Crippen molar-refractivity contribution in [1.29, 1.82) is 0 Å². The van der Waals surface area contributed by atoms with Crippen molar-refractivity contribution in [3.8, 4) is 0 Å². The molecule has 3 aromatic heterocycles. The second kappa shape index (κ2) is 6.32. The summed E-state index contributed by atoms with van der Waals surface area (Å²) in [6, 6.07) is 8.99. The van der Waals surface area contributed by atoms with Crippen molar-refractivity contribution >= 4 is 33.5 Å². The molecular weight excluding hydrogens is 347 g/mol. The second-order valence-electron chi connectivity index (χ2n) is 5.91. The number of hydrogen-bond donors (Lipinski definition) is 2. The predicted molar refractivity (Wildman–Crippen MR) is 90.2 cm³/mol. The van der Waals surface area contributed by atoms with Gasteiger partial charge >= 0.3 is 6.18 Å². The third kappa shape index (κ3) is 3.32. The molecule has 0 unspecified atom stereocenters. The van der Waals surface area contributed by atoms with Gasteiger partial charge in [-0.05, 0) is 37.1 Å². The molecule has 0 bridgehead atoms. The van der Waals surface area contributed by atoms with Crippen molar-refractivity contribution in [1.82, 2.24) is 20.3 Å². The Balaban J connectivity index is 1.53. The van der Waals surface area contributed by atoms with E-state index in [1.54, 1.807) is 24.4 Å². The molecule has 134 valence electrons. The topological polar surface area (TPSA) is 79.6 Å². The van der Waals surface area contributed by atoms with Gasteiger partial charge in [0.25, 0.3) is 0 Å². The third-order valence-electron chi connectivity index (χ3n) is 4.00. The number of fused-ring (bicyclic) bond motifs is 2. The zero-order chi connectivity index (χ0) is 18.1. The highest BCUT2D eigenvalue weighted by Crippen LogP contribution is 2.28. The van der Waals surface area contributed by atoms with Crippen molar-refractivity contribution < 1.29 is 17.7 Å². The van der Waals surface area contributed by atoms with Crippen LogP contribution in [-0.4, -0.2) is 26.5 Å². The molecule has 0 aliphatic rings. The number of halogens is 3. The summed E-state index contributed by atoms with van der Waals surface area (Å²) in [5.74, 6) is 0.574. The summed E-state index contributed by atoms with van der Waals surface area (Å²) in [5.41, 5.74) is 3.27. The van der Waals surface area contributed by atoms with Gasteiger partial charge in [-0.2, -0.15) is 18.3 Å². The number of rotatable bonds is 5. The summed E-state index contributed by atoms with van der Waals surface area (Å²) in [6.45, 7) is 0. The molecule has 4 rings (SSSR count). The van der Waals surface area contributed by atoms with Gasteiger partial charge < -0.3 is 9.84 Å². The zero-order valence-electron chi connectivity index (χ0n) is 13.5. The molecule has 4 aromatic rings.